The van der Waals surface area contributed by atoms with Crippen LogP contribution in [0, 0.1) is 0 Å². The van der Waals surface area contributed by atoms with E-state index in [9.17, 15) is 0 Å². The maximum Gasteiger partial charge on any atom is 0.118 e. The normalized spacial score (nSPS) is 18.6. The molecule has 1 saturated heterocycles. The number of benzene rings is 1. The van der Waals surface area contributed by atoms with Crippen LogP contribution in [0.4, 0.5) is 0 Å². The fraction of sp³-hybridized carbons (Fsp3) is 0.429. The van der Waals surface area contributed by atoms with Crippen LogP contribution in [-0.4, -0.2) is 38.2 Å². The van der Waals surface area contributed by atoms with Gasteiger partial charge in [0, 0.05) is 26.2 Å². The molecule has 1 aromatic carbocycles. The van der Waals surface area contributed by atoms with Crippen LogP contribution >= 0.6 is 0 Å². The van der Waals surface area contributed by atoms with Gasteiger partial charge in [-0.1, -0.05) is 18.2 Å². The van der Waals surface area contributed by atoms with Crippen molar-refractivity contribution in [2.45, 2.75) is 6.04 Å². The zero-order valence-corrected chi connectivity index (χ0v) is 10.4. The van der Waals surface area contributed by atoms with Crippen LogP contribution in [0.3, 0.4) is 0 Å². The number of rotatable bonds is 4. The van der Waals surface area contributed by atoms with Crippen molar-refractivity contribution in [1.82, 2.24) is 10.2 Å². The topological polar surface area (TPSA) is 24.5 Å². The quantitative estimate of drug-likeness (QED) is 0.802. The van der Waals surface area contributed by atoms with Gasteiger partial charge in [0.05, 0.1) is 13.2 Å². The zero-order valence-electron chi connectivity index (χ0n) is 10.4. The molecule has 3 nitrogen and oxygen atoms in total. The Hall–Kier alpha value is -1.32. The van der Waals surface area contributed by atoms with E-state index in [0.717, 1.165) is 31.9 Å². The predicted molar refractivity (Wildman–Crippen MR) is 70.4 cm³/mol. The van der Waals surface area contributed by atoms with E-state index in [1.807, 2.05) is 18.2 Å². The Labute approximate surface area is 103 Å². The monoisotopic (exact) mass is 232 g/mol. The maximum atomic E-state index is 5.18. The van der Waals surface area contributed by atoms with Crippen molar-refractivity contribution in [2.75, 3.05) is 33.3 Å². The molecular formula is C14H20N2O. The van der Waals surface area contributed by atoms with Crippen LogP contribution in [0.1, 0.15) is 11.6 Å². The van der Waals surface area contributed by atoms with Crippen LogP contribution in [0.2, 0.25) is 0 Å². The van der Waals surface area contributed by atoms with Crippen molar-refractivity contribution in [3.8, 4) is 5.75 Å². The van der Waals surface area contributed by atoms with Gasteiger partial charge in [-0.2, -0.15) is 0 Å². The van der Waals surface area contributed by atoms with Gasteiger partial charge >= 0.3 is 0 Å². The average Bonchev–Trinajstić information content (AvgIpc) is 2.42. The van der Waals surface area contributed by atoms with Gasteiger partial charge in [-0.3, -0.25) is 4.90 Å². The van der Waals surface area contributed by atoms with E-state index in [0.29, 0.717) is 6.04 Å². The molecule has 0 saturated carbocycles. The first-order valence-electron chi connectivity index (χ1n) is 6.06. The Bertz CT molecular complexity index is 355. The van der Waals surface area contributed by atoms with Gasteiger partial charge in [0.15, 0.2) is 0 Å². The Balaban J connectivity index is 2.12. The molecule has 0 spiro atoms. The molecule has 0 unspecified atom stereocenters. The van der Waals surface area contributed by atoms with Crippen LogP contribution in [-0.2, 0) is 0 Å². The summed E-state index contributed by atoms with van der Waals surface area (Å²) >= 11 is 0. The van der Waals surface area contributed by atoms with Crippen molar-refractivity contribution in [3.63, 3.8) is 0 Å². The minimum Gasteiger partial charge on any atom is -0.497 e. The summed E-state index contributed by atoms with van der Waals surface area (Å²) in [6.07, 6.45) is 2.02. The highest BCUT2D eigenvalue weighted by atomic mass is 16.5. The lowest BCUT2D eigenvalue weighted by molar-refractivity contribution is 0.203. The second-order valence-corrected chi connectivity index (χ2v) is 4.24. The molecule has 2 rings (SSSR count). The lowest BCUT2D eigenvalue weighted by atomic mass is 10.0. The van der Waals surface area contributed by atoms with Gasteiger partial charge in [0.25, 0.3) is 0 Å². The van der Waals surface area contributed by atoms with Gasteiger partial charge < -0.3 is 10.1 Å². The molecule has 1 N–H and O–H groups in total. The predicted octanol–water partition coefficient (Wildman–Crippen LogP) is 1.83. The molecule has 1 atom stereocenters. The highest BCUT2D eigenvalue weighted by molar-refractivity contribution is 5.31. The van der Waals surface area contributed by atoms with Gasteiger partial charge in [-0.25, -0.2) is 0 Å². The number of hydrogen-bond acceptors (Lipinski definition) is 3. The van der Waals surface area contributed by atoms with Crippen molar-refractivity contribution >= 4 is 0 Å². The van der Waals surface area contributed by atoms with Crippen molar-refractivity contribution in [3.05, 3.63) is 42.5 Å². The number of methoxy groups -OCH3 is 1. The van der Waals surface area contributed by atoms with E-state index in [1.165, 1.54) is 5.56 Å². The minimum absolute atomic E-state index is 0.308. The summed E-state index contributed by atoms with van der Waals surface area (Å²) < 4.78 is 5.18. The number of hydrogen-bond donors (Lipinski definition) is 1. The standard InChI is InChI=1S/C14H20N2O/c1-3-14(16-10-8-15-9-11-16)12-4-6-13(17-2)7-5-12/h3-7,14-15H,1,8-11H2,2H3/t14-/m0/s1. The number of nitrogens with one attached hydrogen (secondary N) is 1. The van der Waals surface area contributed by atoms with E-state index < -0.39 is 0 Å². The van der Waals surface area contributed by atoms with Gasteiger partial charge in [0.1, 0.15) is 5.75 Å². The summed E-state index contributed by atoms with van der Waals surface area (Å²) in [7, 11) is 1.69. The first kappa shape index (κ1) is 12.1. The molecule has 1 aliphatic heterocycles. The Morgan fingerprint density at radius 1 is 1.29 bits per heavy atom. The first-order valence-corrected chi connectivity index (χ1v) is 6.06. The number of piperazine rings is 1. The molecule has 0 aromatic heterocycles. The van der Waals surface area contributed by atoms with Crippen LogP contribution in [0.25, 0.3) is 0 Å². The number of ether oxygens (including phenoxy) is 1. The van der Waals surface area contributed by atoms with Gasteiger partial charge in [0.2, 0.25) is 0 Å². The molecule has 0 radical (unpaired) electrons. The van der Waals surface area contributed by atoms with Gasteiger partial charge in [-0.05, 0) is 17.7 Å². The third kappa shape index (κ3) is 2.87. The Morgan fingerprint density at radius 3 is 2.47 bits per heavy atom. The molecule has 0 amide bonds. The second-order valence-electron chi connectivity index (χ2n) is 4.24. The summed E-state index contributed by atoms with van der Waals surface area (Å²) in [5.41, 5.74) is 1.28. The largest absolute Gasteiger partial charge is 0.497 e. The van der Waals surface area contributed by atoms with Crippen molar-refractivity contribution in [1.29, 1.82) is 0 Å². The van der Waals surface area contributed by atoms with Crippen LogP contribution < -0.4 is 10.1 Å². The summed E-state index contributed by atoms with van der Waals surface area (Å²) in [6.45, 7) is 8.22. The Kier molecular flexibility index (Phi) is 4.18. The third-order valence-corrected chi connectivity index (χ3v) is 3.23. The molecule has 0 aliphatic carbocycles. The SMILES string of the molecule is C=C[C@@H](c1ccc(OC)cc1)N1CCNCC1. The molecule has 0 bridgehead atoms. The van der Waals surface area contributed by atoms with Crippen LogP contribution in [0.15, 0.2) is 36.9 Å². The summed E-state index contributed by atoms with van der Waals surface area (Å²) in [4.78, 5) is 2.45. The lowest BCUT2D eigenvalue weighted by Crippen LogP contribution is -2.44. The van der Waals surface area contributed by atoms with E-state index in [4.69, 9.17) is 4.74 Å². The average molecular weight is 232 g/mol. The molecule has 17 heavy (non-hydrogen) atoms. The summed E-state index contributed by atoms with van der Waals surface area (Å²) in [5, 5.41) is 3.37. The highest BCUT2D eigenvalue weighted by Crippen LogP contribution is 2.24. The van der Waals surface area contributed by atoms with Gasteiger partial charge in [-0.15, -0.1) is 6.58 Å². The minimum atomic E-state index is 0.308. The fourth-order valence-electron chi connectivity index (χ4n) is 2.26. The smallest absolute Gasteiger partial charge is 0.118 e. The molecule has 1 fully saturated rings. The van der Waals surface area contributed by atoms with Crippen LogP contribution in [0.5, 0.6) is 5.75 Å². The number of nitrogens with zero attached hydrogens (tertiary/aromatic N) is 1. The molecule has 3 heteroatoms. The molecular weight excluding hydrogens is 212 g/mol. The molecule has 1 aliphatic rings. The van der Waals surface area contributed by atoms with E-state index in [2.05, 4.69) is 28.9 Å². The summed E-state index contributed by atoms with van der Waals surface area (Å²) in [5.74, 6) is 0.900. The molecule has 1 aromatic rings. The first-order chi connectivity index (χ1) is 8.35. The summed E-state index contributed by atoms with van der Waals surface area (Å²) in [6, 6.07) is 8.56. The van der Waals surface area contributed by atoms with E-state index in [1.54, 1.807) is 7.11 Å². The fourth-order valence-corrected chi connectivity index (χ4v) is 2.26. The highest BCUT2D eigenvalue weighted by Gasteiger charge is 2.19. The van der Waals surface area contributed by atoms with E-state index in [-0.39, 0.29) is 0 Å². The Morgan fingerprint density at radius 2 is 1.94 bits per heavy atom. The third-order valence-electron chi connectivity index (χ3n) is 3.23. The molecule has 1 heterocycles. The maximum absolute atomic E-state index is 5.18. The van der Waals surface area contributed by atoms with E-state index >= 15 is 0 Å². The second kappa shape index (κ2) is 5.84. The lowest BCUT2D eigenvalue weighted by Gasteiger charge is -2.33. The molecule has 92 valence electrons. The zero-order chi connectivity index (χ0) is 12.1. The van der Waals surface area contributed by atoms with Crippen molar-refractivity contribution in [2.24, 2.45) is 0 Å². The van der Waals surface area contributed by atoms with Crippen molar-refractivity contribution < 1.29 is 4.74 Å².